The van der Waals surface area contributed by atoms with E-state index in [2.05, 4.69) is 0 Å². The molecule has 0 aliphatic heterocycles. The van der Waals surface area contributed by atoms with Crippen molar-refractivity contribution in [1.29, 1.82) is 0 Å². The summed E-state index contributed by atoms with van der Waals surface area (Å²) in [6.45, 7) is 0. The number of rotatable bonds is 2. The fourth-order valence-corrected chi connectivity index (χ4v) is 2.15. The molecule has 6 heteroatoms. The van der Waals surface area contributed by atoms with E-state index in [1.54, 1.807) is 0 Å². The molecule has 0 spiro atoms. The van der Waals surface area contributed by atoms with Gasteiger partial charge in [0.15, 0.2) is 0 Å². The van der Waals surface area contributed by atoms with Gasteiger partial charge < -0.3 is 0 Å². The minimum atomic E-state index is -7.50. The molecule has 0 aromatic rings. The average molecular weight is 177 g/mol. The van der Waals surface area contributed by atoms with Gasteiger partial charge in [-0.2, -0.15) is 0 Å². The van der Waals surface area contributed by atoms with Gasteiger partial charge in [0.25, 0.3) is 0 Å². The number of hydrogen-bond acceptors (Lipinski definition) is 0. The monoisotopic (exact) mass is 177 g/mol. The van der Waals surface area contributed by atoms with E-state index in [4.69, 9.17) is 0 Å². The molecule has 0 radical (unpaired) electrons. The Hall–Kier alpha value is -0.103. The standard InChI is InChI=1S/C4H11F4NSi/c1-9(2,3)4-10(5,6,7)8/h4H2,1-3H3. The van der Waals surface area contributed by atoms with Crippen LogP contribution in [0.2, 0.25) is 0 Å². The van der Waals surface area contributed by atoms with Crippen LogP contribution in [-0.2, 0) is 0 Å². The van der Waals surface area contributed by atoms with Crippen LogP contribution in [0.25, 0.3) is 0 Å². The third kappa shape index (κ3) is 7.90. The van der Waals surface area contributed by atoms with Gasteiger partial charge in [0, 0.05) is 0 Å². The Morgan fingerprint density at radius 1 is 1.00 bits per heavy atom. The molecule has 0 saturated heterocycles. The third-order valence-electron chi connectivity index (χ3n) is 0.713. The van der Waals surface area contributed by atoms with Gasteiger partial charge in [-0.3, -0.25) is 0 Å². The summed E-state index contributed by atoms with van der Waals surface area (Å²) in [4.78, 5) is 0. The van der Waals surface area contributed by atoms with Gasteiger partial charge in [0.1, 0.15) is 0 Å². The van der Waals surface area contributed by atoms with Gasteiger partial charge in [0.2, 0.25) is 0 Å². The summed E-state index contributed by atoms with van der Waals surface area (Å²) in [5, 5.41) is 0. The topological polar surface area (TPSA) is 0 Å². The number of hydrogen-bond donors (Lipinski definition) is 0. The summed E-state index contributed by atoms with van der Waals surface area (Å²) in [6.07, 6.45) is -1.32. The molecule has 1 nitrogen and oxygen atoms in total. The quantitative estimate of drug-likeness (QED) is 0.259. The summed E-state index contributed by atoms with van der Waals surface area (Å²) >= 11 is 0. The average Bonchev–Trinajstić information content (AvgIpc) is 1.09. The number of halogens is 4. The Morgan fingerprint density at radius 2 is 1.30 bits per heavy atom. The zero-order chi connectivity index (χ0) is 8.65. The summed E-state index contributed by atoms with van der Waals surface area (Å²) in [6, 6.07) is 0. The molecule has 0 rings (SSSR count). The number of quaternary nitrogens is 1. The van der Waals surface area contributed by atoms with Crippen LogP contribution in [0.4, 0.5) is 16.4 Å². The predicted octanol–water partition coefficient (Wildman–Crippen LogP) is 1.50. The van der Waals surface area contributed by atoms with Gasteiger partial charge in [-0.15, -0.1) is 0 Å². The maximum atomic E-state index is 11.7. The van der Waals surface area contributed by atoms with Crippen molar-refractivity contribution in [2.45, 2.75) is 0 Å². The van der Waals surface area contributed by atoms with Crippen LogP contribution in [0.5, 0.6) is 0 Å². The Balaban J connectivity index is 4.18. The third-order valence-corrected chi connectivity index (χ3v) is 2.14. The van der Waals surface area contributed by atoms with Gasteiger partial charge in [0.05, 0.1) is 0 Å². The van der Waals surface area contributed by atoms with Crippen LogP contribution in [0.3, 0.4) is 0 Å². The predicted molar refractivity (Wildman–Crippen MR) is 33.1 cm³/mol. The second-order valence-corrected chi connectivity index (χ2v) is 5.65. The normalized spacial score (nSPS) is 18.1. The van der Waals surface area contributed by atoms with E-state index < -0.39 is 19.3 Å². The first kappa shape index (κ1) is 9.90. The van der Waals surface area contributed by atoms with Crippen LogP contribution in [0.15, 0.2) is 0 Å². The van der Waals surface area contributed by atoms with Crippen molar-refractivity contribution in [1.82, 2.24) is 0 Å². The van der Waals surface area contributed by atoms with E-state index in [0.717, 1.165) is 0 Å². The minimum absolute atomic E-state index is 0.395. The van der Waals surface area contributed by atoms with E-state index >= 15 is 0 Å². The first-order valence-electron chi connectivity index (χ1n) is 2.77. The van der Waals surface area contributed by atoms with E-state index in [1.807, 2.05) is 0 Å². The Kier molecular flexibility index (Phi) is 1.92. The molecule has 0 bridgehead atoms. The van der Waals surface area contributed by atoms with Gasteiger partial charge in [-0.05, 0) is 0 Å². The molecule has 0 saturated carbocycles. The summed E-state index contributed by atoms with van der Waals surface area (Å²) < 4.78 is 46.4. The molecule has 0 heterocycles. The van der Waals surface area contributed by atoms with Crippen LogP contribution in [0, 0.1) is 0 Å². The summed E-state index contributed by atoms with van der Waals surface area (Å²) in [5.41, 5.74) is 0. The Labute approximate surface area is 57.9 Å². The maximum absolute atomic E-state index is 11.7. The molecule has 0 fully saturated rings. The fraction of sp³-hybridized carbons (Fsp3) is 1.00. The summed E-state index contributed by atoms with van der Waals surface area (Å²) in [5.74, 6) is 0. The van der Waals surface area contributed by atoms with Gasteiger partial charge in [-0.25, -0.2) is 0 Å². The first-order valence-corrected chi connectivity index (χ1v) is 4.99. The molecular formula is C4H11F4NSi. The van der Waals surface area contributed by atoms with E-state index in [9.17, 15) is 16.4 Å². The van der Waals surface area contributed by atoms with Crippen LogP contribution >= 0.6 is 0 Å². The van der Waals surface area contributed by atoms with Crippen molar-refractivity contribution in [3.63, 3.8) is 0 Å². The molecule has 0 N–H and O–H groups in total. The molecule has 64 valence electrons. The summed E-state index contributed by atoms with van der Waals surface area (Å²) in [7, 11) is -3.57. The molecule has 0 aromatic heterocycles. The van der Waals surface area contributed by atoms with E-state index in [-0.39, 0.29) is 0 Å². The molecule has 0 unspecified atom stereocenters. The molecule has 0 atom stereocenters. The SMILES string of the molecule is C[N+](C)(C)C[Si-](F)(F)(F)F. The molecule has 10 heavy (non-hydrogen) atoms. The molecule has 0 aliphatic carbocycles. The fourth-order valence-electron chi connectivity index (χ4n) is 0.717. The van der Waals surface area contributed by atoms with Crippen molar-refractivity contribution < 1.29 is 20.9 Å². The zero-order valence-electron chi connectivity index (χ0n) is 6.17. The molecule has 0 aliphatic rings. The number of nitrogens with zero attached hydrogens (tertiary/aromatic N) is 1. The van der Waals surface area contributed by atoms with Crippen LogP contribution < -0.4 is 0 Å². The first-order chi connectivity index (χ1) is 3.96. The van der Waals surface area contributed by atoms with Crippen LogP contribution in [0.1, 0.15) is 0 Å². The second kappa shape index (κ2) is 1.94. The van der Waals surface area contributed by atoms with Crippen molar-refractivity contribution in [2.24, 2.45) is 0 Å². The van der Waals surface area contributed by atoms with Crippen molar-refractivity contribution in [2.75, 3.05) is 27.3 Å². The second-order valence-electron chi connectivity index (χ2n) is 3.41. The van der Waals surface area contributed by atoms with Gasteiger partial charge >= 0.3 is 56.9 Å². The van der Waals surface area contributed by atoms with E-state index in [1.165, 1.54) is 21.1 Å². The Morgan fingerprint density at radius 3 is 1.30 bits per heavy atom. The Bertz CT molecular complexity index is 123. The molecule has 0 aromatic carbocycles. The van der Waals surface area contributed by atoms with Gasteiger partial charge in [-0.1, -0.05) is 0 Å². The molecule has 0 amide bonds. The van der Waals surface area contributed by atoms with Crippen molar-refractivity contribution >= 4 is 8.69 Å². The van der Waals surface area contributed by atoms with Crippen molar-refractivity contribution in [3.05, 3.63) is 0 Å². The zero-order valence-corrected chi connectivity index (χ0v) is 7.17. The molecular weight excluding hydrogens is 166 g/mol. The van der Waals surface area contributed by atoms with Crippen molar-refractivity contribution in [3.8, 4) is 0 Å². The van der Waals surface area contributed by atoms with Crippen LogP contribution in [-0.4, -0.2) is 40.5 Å². The van der Waals surface area contributed by atoms with E-state index in [0.29, 0.717) is 0 Å².